The second-order valence-corrected chi connectivity index (χ2v) is 17.8. The average Bonchev–Trinajstić information content (AvgIpc) is 3.19. The number of anilines is 2. The Labute approximate surface area is 360 Å². The van der Waals surface area contributed by atoms with Gasteiger partial charge in [-0.2, -0.15) is 0 Å². The van der Waals surface area contributed by atoms with E-state index in [1.165, 1.54) is 35.7 Å². The molecule has 2 atom stereocenters. The second-order valence-electron chi connectivity index (χ2n) is 14.8. The van der Waals surface area contributed by atoms with Crippen molar-refractivity contribution in [3.05, 3.63) is 58.7 Å². The molecule has 0 fully saturated rings. The number of rotatable bonds is 23. The topological polar surface area (TPSA) is 258 Å². The third-order valence-electron chi connectivity index (χ3n) is 10.1. The van der Waals surface area contributed by atoms with Crippen LogP contribution in [0, 0.1) is 0 Å². The fourth-order valence-electron chi connectivity index (χ4n) is 6.36. The molecule has 3 aromatic carbocycles. The standard InChI is InChI=1S/C42H65N10O4PS2/c1-8-12-42(7,10-3)26-21-30(35(58-11-4)31(22-26)51-39(46)47)50-38(54)28-23-27(33(55-16-13-43)24-34(28)56-17-14-44)37(53)49-29-19-25(41(5,6)9-2)20-32(52-40(48)57)36(29)59-18-15-45/h19-24H,8-18,43-45,57H2,1-7H3,(H2,48,52)(H,49,53)(H,50,54)(H4,46,47,51). The number of hydrogen-bond donors (Lipinski definition) is 8. The number of nitrogens with zero attached hydrogens (tertiary/aromatic N) is 2. The molecule has 3 rings (SSSR count). The van der Waals surface area contributed by atoms with Crippen LogP contribution in [0.5, 0.6) is 11.5 Å². The van der Waals surface area contributed by atoms with E-state index in [1.54, 1.807) is 0 Å². The van der Waals surface area contributed by atoms with Gasteiger partial charge >= 0.3 is 0 Å². The number of guanidine groups is 1. The Kier molecular flexibility index (Phi) is 19.3. The highest BCUT2D eigenvalue weighted by Gasteiger charge is 2.29. The number of hydrogen-bond acceptors (Lipinski definition) is 11. The van der Waals surface area contributed by atoms with Gasteiger partial charge in [0.15, 0.2) is 5.96 Å². The number of carbonyl (C=O) groups is 2. The van der Waals surface area contributed by atoms with Crippen molar-refractivity contribution in [3.8, 4) is 11.5 Å². The Morgan fingerprint density at radius 1 is 0.712 bits per heavy atom. The summed E-state index contributed by atoms with van der Waals surface area (Å²) in [5, 5.41) is 6.24. The van der Waals surface area contributed by atoms with Crippen LogP contribution in [0.4, 0.5) is 22.7 Å². The van der Waals surface area contributed by atoms with Crippen molar-refractivity contribution >= 4 is 78.9 Å². The van der Waals surface area contributed by atoms with Gasteiger partial charge < -0.3 is 54.5 Å². The molecule has 0 bridgehead atoms. The van der Waals surface area contributed by atoms with E-state index in [0.717, 1.165) is 36.8 Å². The molecule has 0 heterocycles. The smallest absolute Gasteiger partial charge is 0.259 e. The first-order chi connectivity index (χ1) is 28.0. The van der Waals surface area contributed by atoms with Crippen LogP contribution < -0.4 is 54.5 Å². The Hall–Kier alpha value is -4.05. The number of thioether (sulfide) groups is 2. The zero-order chi connectivity index (χ0) is 43.9. The predicted molar refractivity (Wildman–Crippen MR) is 253 cm³/mol. The lowest BCUT2D eigenvalue weighted by Gasteiger charge is -2.30. The first-order valence-corrected chi connectivity index (χ1v) is 22.6. The van der Waals surface area contributed by atoms with Crippen LogP contribution in [0.15, 0.2) is 56.2 Å². The molecular formula is C42H65N10O4PS2. The molecule has 0 aliphatic rings. The van der Waals surface area contributed by atoms with Crippen molar-refractivity contribution in [2.45, 2.75) is 94.8 Å². The minimum Gasteiger partial charge on any atom is -0.491 e. The largest absolute Gasteiger partial charge is 0.491 e. The van der Waals surface area contributed by atoms with Gasteiger partial charge in [0.05, 0.1) is 43.7 Å². The summed E-state index contributed by atoms with van der Waals surface area (Å²) in [5.74, 6) is 0.403. The van der Waals surface area contributed by atoms with E-state index in [-0.39, 0.29) is 71.3 Å². The molecule has 2 unspecified atom stereocenters. The number of carbonyl (C=O) groups excluding carboxylic acids is 2. The molecule has 17 heteroatoms. The van der Waals surface area contributed by atoms with Gasteiger partial charge in [0.1, 0.15) is 30.3 Å². The van der Waals surface area contributed by atoms with Gasteiger partial charge in [-0.05, 0) is 77.3 Å². The fourth-order valence-corrected chi connectivity index (χ4v) is 8.14. The van der Waals surface area contributed by atoms with Crippen molar-refractivity contribution in [1.82, 2.24) is 0 Å². The SMILES string of the molecule is CCCC(C)(CC)c1cc(N=C(N)N)c(SCC)c(NC(=O)c2cc(C(=O)Nc3cc(C(C)(C)CC)cc(N=C(N)P)c3SCCN)c(OCCN)cc2OCCN)c1. The van der Waals surface area contributed by atoms with Crippen molar-refractivity contribution < 1.29 is 19.1 Å². The number of amides is 2. The minimum absolute atomic E-state index is 0.0776. The molecule has 0 aliphatic carbocycles. The lowest BCUT2D eigenvalue weighted by molar-refractivity contribution is 0.102. The summed E-state index contributed by atoms with van der Waals surface area (Å²) < 4.78 is 12.1. The Balaban J connectivity index is 2.33. The van der Waals surface area contributed by atoms with E-state index in [0.29, 0.717) is 50.6 Å². The monoisotopic (exact) mass is 868 g/mol. The lowest BCUT2D eigenvalue weighted by atomic mass is 9.76. The van der Waals surface area contributed by atoms with Crippen LogP contribution in [-0.2, 0) is 10.8 Å². The molecular weight excluding hydrogens is 804 g/mol. The zero-order valence-corrected chi connectivity index (χ0v) is 38.4. The number of nitrogens with two attached hydrogens (primary N) is 6. The number of benzene rings is 3. The van der Waals surface area contributed by atoms with Gasteiger partial charge in [-0.1, -0.05) is 64.1 Å². The summed E-state index contributed by atoms with van der Waals surface area (Å²) in [5.41, 5.74) is 39.6. The molecule has 14 nitrogen and oxygen atoms in total. The Morgan fingerprint density at radius 2 is 1.24 bits per heavy atom. The maximum atomic E-state index is 14.7. The molecule has 2 amide bonds. The summed E-state index contributed by atoms with van der Waals surface area (Å²) >= 11 is 2.95. The number of aliphatic imine (C=N–C) groups is 2. The number of ether oxygens (including phenoxy) is 2. The van der Waals surface area contributed by atoms with Crippen LogP contribution in [-0.4, -0.2) is 67.7 Å². The molecule has 0 aliphatic heterocycles. The molecule has 0 saturated carbocycles. The lowest BCUT2D eigenvalue weighted by Crippen LogP contribution is -2.24. The van der Waals surface area contributed by atoms with E-state index in [2.05, 4.69) is 71.4 Å². The van der Waals surface area contributed by atoms with E-state index >= 15 is 0 Å². The van der Waals surface area contributed by atoms with Crippen LogP contribution in [0.3, 0.4) is 0 Å². The van der Waals surface area contributed by atoms with Crippen LogP contribution in [0.25, 0.3) is 0 Å². The second kappa shape index (κ2) is 23.1. The highest BCUT2D eigenvalue weighted by molar-refractivity contribution is 7.99. The Morgan fingerprint density at radius 3 is 1.69 bits per heavy atom. The average molecular weight is 869 g/mol. The van der Waals surface area contributed by atoms with Gasteiger partial charge in [-0.3, -0.25) is 9.59 Å². The molecule has 0 spiro atoms. The molecule has 0 aromatic heterocycles. The molecule has 324 valence electrons. The van der Waals surface area contributed by atoms with Crippen molar-refractivity contribution in [1.29, 1.82) is 0 Å². The third-order valence-corrected chi connectivity index (χ3v) is 12.3. The minimum atomic E-state index is -0.538. The van der Waals surface area contributed by atoms with Gasteiger partial charge in [-0.25, -0.2) is 9.98 Å². The van der Waals surface area contributed by atoms with E-state index in [9.17, 15) is 9.59 Å². The van der Waals surface area contributed by atoms with Gasteiger partial charge in [0.25, 0.3) is 11.8 Å². The summed E-state index contributed by atoms with van der Waals surface area (Å²) in [6.45, 7) is 15.7. The van der Waals surface area contributed by atoms with Crippen molar-refractivity contribution in [2.75, 3.05) is 55.0 Å². The van der Waals surface area contributed by atoms with Gasteiger partial charge in [0, 0.05) is 31.5 Å². The van der Waals surface area contributed by atoms with Gasteiger partial charge in [-0.15, -0.1) is 23.5 Å². The Bertz CT molecular complexity index is 1990. The first-order valence-electron chi connectivity index (χ1n) is 20.0. The quantitative estimate of drug-likeness (QED) is 0.0209. The van der Waals surface area contributed by atoms with Crippen LogP contribution >= 0.6 is 32.8 Å². The highest BCUT2D eigenvalue weighted by atomic mass is 32.2. The maximum absolute atomic E-state index is 14.7. The van der Waals surface area contributed by atoms with Crippen LogP contribution in [0.1, 0.15) is 106 Å². The fraction of sp³-hybridized carbons (Fsp3) is 0.476. The molecule has 3 aromatic rings. The number of amidine groups is 1. The van der Waals surface area contributed by atoms with Crippen LogP contribution in [0.2, 0.25) is 0 Å². The van der Waals surface area contributed by atoms with Crippen molar-refractivity contribution in [3.63, 3.8) is 0 Å². The first kappa shape index (κ1) is 49.3. The molecule has 14 N–H and O–H groups in total. The zero-order valence-electron chi connectivity index (χ0n) is 35.6. The summed E-state index contributed by atoms with van der Waals surface area (Å²) in [6, 6.07) is 10.9. The summed E-state index contributed by atoms with van der Waals surface area (Å²) in [7, 11) is 2.41. The highest BCUT2D eigenvalue weighted by Crippen LogP contribution is 2.45. The van der Waals surface area contributed by atoms with E-state index < -0.39 is 11.8 Å². The summed E-state index contributed by atoms with van der Waals surface area (Å²) in [6.07, 6.45) is 3.52. The molecule has 59 heavy (non-hydrogen) atoms. The number of nitrogens with one attached hydrogen (secondary N) is 2. The maximum Gasteiger partial charge on any atom is 0.259 e. The third kappa shape index (κ3) is 13.2. The van der Waals surface area contributed by atoms with Gasteiger partial charge in [0.2, 0.25) is 0 Å². The predicted octanol–water partition coefficient (Wildman–Crippen LogP) is 6.91. The van der Waals surface area contributed by atoms with Crippen molar-refractivity contribution in [2.24, 2.45) is 44.4 Å². The molecule has 0 radical (unpaired) electrons. The normalized spacial score (nSPS) is 12.8. The van der Waals surface area contributed by atoms with E-state index in [4.69, 9.17) is 43.9 Å². The molecule has 0 saturated heterocycles. The van der Waals surface area contributed by atoms with E-state index in [1.807, 2.05) is 31.2 Å². The summed E-state index contributed by atoms with van der Waals surface area (Å²) in [4.78, 5) is 39.8.